The largest absolute Gasteiger partial charge is 0.382 e. The highest BCUT2D eigenvalue weighted by Crippen LogP contribution is 2.20. The zero-order valence-corrected chi connectivity index (χ0v) is 11.9. The Bertz CT molecular complexity index is 440. The summed E-state index contributed by atoms with van der Waals surface area (Å²) in [5.74, 6) is -2.63. The van der Waals surface area contributed by atoms with Crippen molar-refractivity contribution < 1.29 is 18.3 Å². The average Bonchev–Trinajstić information content (AvgIpc) is 2.13. The Balaban J connectivity index is 2.98. The lowest BCUT2D eigenvalue weighted by Gasteiger charge is -2.25. The van der Waals surface area contributed by atoms with Gasteiger partial charge in [-0.15, -0.1) is 0 Å². The lowest BCUT2D eigenvalue weighted by molar-refractivity contribution is 0.0812. The summed E-state index contributed by atoms with van der Waals surface area (Å²) in [6, 6.07) is 2.09. The van der Waals surface area contributed by atoms with Crippen LogP contribution in [-0.4, -0.2) is 25.2 Å². The number of rotatable bonds is 4. The van der Waals surface area contributed by atoms with Gasteiger partial charge in [-0.1, -0.05) is 15.9 Å². The van der Waals surface area contributed by atoms with Crippen LogP contribution in [0.25, 0.3) is 0 Å². The zero-order valence-electron chi connectivity index (χ0n) is 10.3. The third-order valence-corrected chi connectivity index (χ3v) is 2.65. The number of carbonyl (C=O) groups is 1. The summed E-state index contributed by atoms with van der Waals surface area (Å²) in [6.07, 6.45) is 0. The van der Waals surface area contributed by atoms with Gasteiger partial charge in [-0.2, -0.15) is 0 Å². The maximum Gasteiger partial charge on any atom is 0.257 e. The van der Waals surface area contributed by atoms with Crippen molar-refractivity contribution >= 4 is 21.8 Å². The van der Waals surface area contributed by atoms with Gasteiger partial charge in [0.25, 0.3) is 5.91 Å². The first-order chi connectivity index (χ1) is 8.26. The van der Waals surface area contributed by atoms with Crippen molar-refractivity contribution in [2.75, 3.05) is 13.7 Å². The van der Waals surface area contributed by atoms with Crippen molar-refractivity contribution in [3.8, 4) is 0 Å². The normalized spacial score (nSPS) is 11.4. The molecule has 0 aliphatic carbocycles. The Morgan fingerprint density at radius 2 is 1.89 bits per heavy atom. The first kappa shape index (κ1) is 15.0. The maximum absolute atomic E-state index is 13.6. The molecule has 0 heterocycles. The molecule has 0 spiro atoms. The average molecular weight is 322 g/mol. The highest BCUT2D eigenvalue weighted by atomic mass is 79.9. The van der Waals surface area contributed by atoms with E-state index in [1.54, 1.807) is 13.8 Å². The van der Waals surface area contributed by atoms with Gasteiger partial charge in [-0.05, 0) is 26.0 Å². The molecule has 100 valence electrons. The molecule has 0 aliphatic rings. The van der Waals surface area contributed by atoms with Crippen LogP contribution in [0.4, 0.5) is 8.78 Å². The molecule has 6 heteroatoms. The molecule has 0 aliphatic heterocycles. The van der Waals surface area contributed by atoms with E-state index in [1.165, 1.54) is 7.11 Å². The molecule has 0 bridgehead atoms. The van der Waals surface area contributed by atoms with E-state index in [4.69, 9.17) is 4.74 Å². The smallest absolute Gasteiger partial charge is 0.257 e. The van der Waals surface area contributed by atoms with Crippen LogP contribution in [0.15, 0.2) is 16.6 Å². The second-order valence-corrected chi connectivity index (χ2v) is 5.43. The quantitative estimate of drug-likeness (QED) is 0.926. The maximum atomic E-state index is 13.6. The zero-order chi connectivity index (χ0) is 13.9. The molecule has 1 N–H and O–H groups in total. The number of carbonyl (C=O) groups excluding carboxylic acids is 1. The topological polar surface area (TPSA) is 38.3 Å². The molecule has 1 amide bonds. The highest BCUT2D eigenvalue weighted by Gasteiger charge is 2.25. The van der Waals surface area contributed by atoms with Gasteiger partial charge in [0, 0.05) is 11.6 Å². The van der Waals surface area contributed by atoms with Gasteiger partial charge in [0.15, 0.2) is 0 Å². The summed E-state index contributed by atoms with van der Waals surface area (Å²) in [6.45, 7) is 3.63. The van der Waals surface area contributed by atoms with Crippen LogP contribution < -0.4 is 5.32 Å². The van der Waals surface area contributed by atoms with Crippen LogP contribution in [0.3, 0.4) is 0 Å². The Morgan fingerprint density at radius 3 is 2.33 bits per heavy atom. The van der Waals surface area contributed by atoms with E-state index in [0.717, 1.165) is 12.1 Å². The van der Waals surface area contributed by atoms with Crippen LogP contribution in [-0.2, 0) is 4.74 Å². The number of amides is 1. The highest BCUT2D eigenvalue weighted by molar-refractivity contribution is 9.10. The molecule has 18 heavy (non-hydrogen) atoms. The number of methoxy groups -OCH3 is 1. The van der Waals surface area contributed by atoms with Gasteiger partial charge in [-0.25, -0.2) is 8.78 Å². The predicted molar refractivity (Wildman–Crippen MR) is 67.5 cm³/mol. The number of halogens is 3. The van der Waals surface area contributed by atoms with E-state index in [9.17, 15) is 13.6 Å². The van der Waals surface area contributed by atoms with Crippen LogP contribution in [0.1, 0.15) is 24.2 Å². The molecule has 0 radical (unpaired) electrons. The monoisotopic (exact) mass is 321 g/mol. The van der Waals surface area contributed by atoms with Crippen LogP contribution >= 0.6 is 15.9 Å². The van der Waals surface area contributed by atoms with Gasteiger partial charge in [0.2, 0.25) is 0 Å². The number of hydrogen-bond donors (Lipinski definition) is 1. The minimum absolute atomic E-state index is 0.235. The molecule has 0 saturated carbocycles. The molecule has 0 fully saturated rings. The molecule has 3 nitrogen and oxygen atoms in total. The van der Waals surface area contributed by atoms with Gasteiger partial charge in [0.1, 0.15) is 17.2 Å². The predicted octanol–water partition coefficient (Wildman–Crippen LogP) is 2.88. The molecule has 1 aromatic rings. The SMILES string of the molecule is COCC(C)(C)NC(=O)c1c(F)cc(Br)cc1F. The van der Waals surface area contributed by atoms with Crippen molar-refractivity contribution in [1.29, 1.82) is 0 Å². The number of ether oxygens (including phenoxy) is 1. The van der Waals surface area contributed by atoms with Crippen LogP contribution in [0.5, 0.6) is 0 Å². The molecule has 0 unspecified atom stereocenters. The van der Waals surface area contributed by atoms with Crippen molar-refractivity contribution in [3.63, 3.8) is 0 Å². The standard InChI is InChI=1S/C12H14BrF2NO2/c1-12(2,6-18-3)16-11(17)10-8(14)4-7(13)5-9(10)15/h4-5H,6H2,1-3H3,(H,16,17). The second-order valence-electron chi connectivity index (χ2n) is 4.52. The summed E-state index contributed by atoms with van der Waals surface area (Å²) < 4.78 is 32.3. The van der Waals surface area contributed by atoms with E-state index in [1.807, 2.05) is 0 Å². The number of benzene rings is 1. The minimum atomic E-state index is -0.910. The van der Waals surface area contributed by atoms with E-state index in [-0.39, 0.29) is 11.1 Å². The molecular formula is C12H14BrF2NO2. The van der Waals surface area contributed by atoms with Crippen molar-refractivity contribution in [2.24, 2.45) is 0 Å². The number of hydrogen-bond acceptors (Lipinski definition) is 2. The fraction of sp³-hybridized carbons (Fsp3) is 0.417. The molecule has 1 rings (SSSR count). The van der Waals surface area contributed by atoms with Crippen molar-refractivity contribution in [3.05, 3.63) is 33.8 Å². The van der Waals surface area contributed by atoms with Crippen molar-refractivity contribution in [2.45, 2.75) is 19.4 Å². The Hall–Kier alpha value is -1.01. The van der Waals surface area contributed by atoms with Crippen molar-refractivity contribution in [1.82, 2.24) is 5.32 Å². The summed E-state index contributed by atoms with van der Waals surface area (Å²) >= 11 is 2.95. The third kappa shape index (κ3) is 3.74. The fourth-order valence-electron chi connectivity index (χ4n) is 1.53. The first-order valence-corrected chi connectivity index (χ1v) is 6.02. The van der Waals surface area contributed by atoms with E-state index < -0.39 is 28.6 Å². The van der Waals surface area contributed by atoms with Gasteiger partial charge < -0.3 is 10.1 Å². The minimum Gasteiger partial charge on any atom is -0.382 e. The summed E-state index contributed by atoms with van der Waals surface area (Å²) in [4.78, 5) is 11.8. The molecule has 0 atom stereocenters. The molecule has 1 aromatic carbocycles. The second kappa shape index (κ2) is 5.75. The lowest BCUT2D eigenvalue weighted by Crippen LogP contribution is -2.47. The molecule has 0 saturated heterocycles. The van der Waals surface area contributed by atoms with Gasteiger partial charge >= 0.3 is 0 Å². The van der Waals surface area contributed by atoms with E-state index in [0.29, 0.717) is 0 Å². The van der Waals surface area contributed by atoms with Gasteiger partial charge in [0.05, 0.1) is 12.1 Å². The molecule has 0 aromatic heterocycles. The Morgan fingerprint density at radius 1 is 1.39 bits per heavy atom. The summed E-state index contributed by atoms with van der Waals surface area (Å²) in [5, 5.41) is 2.52. The van der Waals surface area contributed by atoms with Gasteiger partial charge in [-0.3, -0.25) is 4.79 Å². The van der Waals surface area contributed by atoms with E-state index in [2.05, 4.69) is 21.2 Å². The first-order valence-electron chi connectivity index (χ1n) is 5.23. The lowest BCUT2D eigenvalue weighted by atomic mass is 10.1. The van der Waals surface area contributed by atoms with E-state index >= 15 is 0 Å². The molecular weight excluding hydrogens is 308 g/mol. The summed E-state index contributed by atoms with van der Waals surface area (Å²) in [7, 11) is 1.48. The number of nitrogens with one attached hydrogen (secondary N) is 1. The summed E-state index contributed by atoms with van der Waals surface area (Å²) in [5.41, 5.74) is -1.31. The van der Waals surface area contributed by atoms with Crippen LogP contribution in [0, 0.1) is 11.6 Å². The Labute approximate surface area is 113 Å². The third-order valence-electron chi connectivity index (χ3n) is 2.19. The van der Waals surface area contributed by atoms with Crippen LogP contribution in [0.2, 0.25) is 0 Å². The fourth-order valence-corrected chi connectivity index (χ4v) is 1.93. The Kier molecular flexibility index (Phi) is 4.81.